The van der Waals surface area contributed by atoms with Gasteiger partial charge in [0.2, 0.25) is 0 Å². The summed E-state index contributed by atoms with van der Waals surface area (Å²) in [6, 6.07) is 14.5. The fourth-order valence-corrected chi connectivity index (χ4v) is 3.92. The minimum atomic E-state index is -0.280. The molecule has 0 amide bonds. The molecule has 2 heterocycles. The first-order valence-electron chi connectivity index (χ1n) is 11.1. The van der Waals surface area contributed by atoms with Crippen LogP contribution in [0.3, 0.4) is 0 Å². The highest BCUT2D eigenvalue weighted by atomic mass is 19.1. The van der Waals surface area contributed by atoms with Crippen LogP contribution in [-0.2, 0) is 31.6 Å². The Hall–Kier alpha value is -3.39. The highest BCUT2D eigenvalue weighted by Crippen LogP contribution is 2.19. The van der Waals surface area contributed by atoms with Gasteiger partial charge >= 0.3 is 0 Å². The number of hydrogen-bond donors (Lipinski definition) is 1. The molecule has 0 spiro atoms. The molecular weight excluding hydrogens is 419 g/mol. The lowest BCUT2D eigenvalue weighted by molar-refractivity contribution is 0.223. The summed E-state index contributed by atoms with van der Waals surface area (Å²) < 4.78 is 15.2. The van der Waals surface area contributed by atoms with Crippen LogP contribution in [0.25, 0.3) is 10.9 Å². The zero-order valence-electron chi connectivity index (χ0n) is 19.5. The predicted octanol–water partition coefficient (Wildman–Crippen LogP) is 4.17. The maximum Gasteiger partial charge on any atom is 0.252 e. The molecule has 0 fully saturated rings. The molecule has 0 atom stereocenters. The van der Waals surface area contributed by atoms with Gasteiger partial charge < -0.3 is 4.98 Å². The predicted molar refractivity (Wildman–Crippen MR) is 126 cm³/mol. The van der Waals surface area contributed by atoms with E-state index in [2.05, 4.69) is 38.4 Å². The highest BCUT2D eigenvalue weighted by Gasteiger charge is 2.22. The van der Waals surface area contributed by atoms with E-state index in [1.165, 1.54) is 17.7 Å². The van der Waals surface area contributed by atoms with E-state index in [0.717, 1.165) is 22.9 Å². The number of aromatic amines is 1. The number of benzene rings is 2. The summed E-state index contributed by atoms with van der Waals surface area (Å²) >= 11 is 0. The van der Waals surface area contributed by atoms with Gasteiger partial charge in [0.15, 0.2) is 5.82 Å². The Bertz CT molecular complexity index is 1300. The quantitative estimate of drug-likeness (QED) is 0.459. The third-order valence-corrected chi connectivity index (χ3v) is 5.64. The van der Waals surface area contributed by atoms with E-state index < -0.39 is 0 Å². The smallest absolute Gasteiger partial charge is 0.252 e. The third-order valence-electron chi connectivity index (χ3n) is 5.64. The topological polar surface area (TPSA) is 79.7 Å². The van der Waals surface area contributed by atoms with Crippen LogP contribution in [0.15, 0.2) is 53.3 Å². The largest absolute Gasteiger partial charge is 0.322 e. The molecule has 7 nitrogen and oxygen atoms in total. The van der Waals surface area contributed by atoms with Crippen molar-refractivity contribution in [2.24, 2.45) is 0 Å². The summed E-state index contributed by atoms with van der Waals surface area (Å²) in [5.74, 6) is 0.426. The highest BCUT2D eigenvalue weighted by molar-refractivity contribution is 5.79. The Kier molecular flexibility index (Phi) is 6.37. The van der Waals surface area contributed by atoms with Crippen LogP contribution in [0.4, 0.5) is 4.39 Å². The van der Waals surface area contributed by atoms with Gasteiger partial charge in [-0.05, 0) is 84.5 Å². The van der Waals surface area contributed by atoms with Crippen molar-refractivity contribution in [2.75, 3.05) is 0 Å². The van der Waals surface area contributed by atoms with E-state index in [4.69, 9.17) is 0 Å². The SMILES string of the molecule is CCc1ccc2[nH]c(=O)c(CN(Cc3ccc(F)cc3)Cc3nnnn3C(C)(C)C)cc2c1. The molecule has 0 bridgehead atoms. The molecule has 0 aliphatic heterocycles. The average Bonchev–Trinajstić information content (AvgIpc) is 3.24. The first-order valence-corrected chi connectivity index (χ1v) is 11.1. The van der Waals surface area contributed by atoms with E-state index in [0.29, 0.717) is 31.0 Å². The number of fused-ring (bicyclic) bond motifs is 1. The van der Waals surface area contributed by atoms with E-state index in [1.54, 1.807) is 16.8 Å². The molecule has 4 rings (SSSR count). The fourth-order valence-electron chi connectivity index (χ4n) is 3.92. The van der Waals surface area contributed by atoms with Crippen molar-refractivity contribution in [2.45, 2.75) is 59.3 Å². The number of nitrogens with zero attached hydrogens (tertiary/aromatic N) is 5. The van der Waals surface area contributed by atoms with Gasteiger partial charge in [-0.3, -0.25) is 9.69 Å². The summed E-state index contributed by atoms with van der Waals surface area (Å²) in [4.78, 5) is 18.0. The zero-order valence-corrected chi connectivity index (χ0v) is 19.5. The molecule has 33 heavy (non-hydrogen) atoms. The molecule has 8 heteroatoms. The van der Waals surface area contributed by atoms with Gasteiger partial charge in [0.1, 0.15) is 5.82 Å². The zero-order chi connectivity index (χ0) is 23.6. The third kappa shape index (κ3) is 5.34. The number of aromatic nitrogens is 5. The first-order chi connectivity index (χ1) is 15.7. The minimum Gasteiger partial charge on any atom is -0.322 e. The molecule has 0 saturated carbocycles. The average molecular weight is 449 g/mol. The number of rotatable bonds is 7. The number of halogens is 1. The van der Waals surface area contributed by atoms with Crippen molar-refractivity contribution in [1.82, 2.24) is 30.1 Å². The van der Waals surface area contributed by atoms with Crippen molar-refractivity contribution < 1.29 is 4.39 Å². The first kappa shape index (κ1) is 22.8. The van der Waals surface area contributed by atoms with Crippen LogP contribution in [-0.4, -0.2) is 30.1 Å². The number of hydrogen-bond acceptors (Lipinski definition) is 5. The molecule has 2 aromatic heterocycles. The van der Waals surface area contributed by atoms with E-state index in [-0.39, 0.29) is 16.9 Å². The van der Waals surface area contributed by atoms with Gasteiger partial charge in [0, 0.05) is 24.2 Å². The van der Waals surface area contributed by atoms with Gasteiger partial charge in [-0.25, -0.2) is 9.07 Å². The molecule has 0 saturated heterocycles. The summed E-state index contributed by atoms with van der Waals surface area (Å²) in [7, 11) is 0. The molecule has 0 radical (unpaired) electrons. The van der Waals surface area contributed by atoms with Gasteiger partial charge in [0.05, 0.1) is 12.1 Å². The molecule has 4 aromatic rings. The van der Waals surface area contributed by atoms with Gasteiger partial charge in [-0.1, -0.05) is 25.1 Å². The Morgan fingerprint density at radius 3 is 2.42 bits per heavy atom. The molecule has 2 aromatic carbocycles. The summed E-state index contributed by atoms with van der Waals surface area (Å²) in [5.41, 5.74) is 3.24. The normalized spacial score (nSPS) is 12.1. The minimum absolute atomic E-state index is 0.119. The van der Waals surface area contributed by atoms with Crippen LogP contribution >= 0.6 is 0 Å². The summed E-state index contributed by atoms with van der Waals surface area (Å²) in [5, 5.41) is 13.3. The van der Waals surface area contributed by atoms with Crippen LogP contribution in [0.1, 0.15) is 50.2 Å². The molecule has 0 aliphatic rings. The lowest BCUT2D eigenvalue weighted by Crippen LogP contribution is -2.31. The Morgan fingerprint density at radius 1 is 1.00 bits per heavy atom. The number of tetrazole rings is 1. The van der Waals surface area contributed by atoms with Crippen LogP contribution in [0.2, 0.25) is 0 Å². The van der Waals surface area contributed by atoms with Crippen LogP contribution < -0.4 is 5.56 Å². The molecule has 0 aliphatic carbocycles. The molecule has 0 unspecified atom stereocenters. The Morgan fingerprint density at radius 2 is 1.73 bits per heavy atom. The Balaban J connectivity index is 1.68. The van der Waals surface area contributed by atoms with Gasteiger partial charge in [-0.2, -0.15) is 0 Å². The van der Waals surface area contributed by atoms with Crippen LogP contribution in [0, 0.1) is 5.82 Å². The van der Waals surface area contributed by atoms with Crippen molar-refractivity contribution in [3.8, 4) is 0 Å². The number of pyridine rings is 1. The number of nitrogens with one attached hydrogen (secondary N) is 1. The lowest BCUT2D eigenvalue weighted by atomic mass is 10.1. The van der Waals surface area contributed by atoms with Crippen molar-refractivity contribution in [1.29, 1.82) is 0 Å². The number of H-pyrrole nitrogens is 1. The Labute approximate surface area is 192 Å². The fraction of sp³-hybridized carbons (Fsp3) is 0.360. The second kappa shape index (κ2) is 9.23. The van der Waals surface area contributed by atoms with Gasteiger partial charge in [-0.15, -0.1) is 5.10 Å². The van der Waals surface area contributed by atoms with E-state index >= 15 is 0 Å². The van der Waals surface area contributed by atoms with Crippen LogP contribution in [0.5, 0.6) is 0 Å². The second-order valence-corrected chi connectivity index (χ2v) is 9.35. The number of aryl methyl sites for hydroxylation is 1. The van der Waals surface area contributed by atoms with Crippen molar-refractivity contribution in [3.05, 3.63) is 87.2 Å². The molecule has 172 valence electrons. The molecule has 1 N–H and O–H groups in total. The standard InChI is InChI=1S/C25H29FN6O/c1-5-17-8-11-22-19(12-17)13-20(24(33)27-22)15-31(14-18-6-9-21(26)10-7-18)16-23-28-29-30-32(23)25(2,3)4/h6-13H,5,14-16H2,1-4H3,(H,27,33). The summed E-state index contributed by atoms with van der Waals surface area (Å²) in [6.45, 7) is 9.58. The summed E-state index contributed by atoms with van der Waals surface area (Å²) in [6.07, 6.45) is 0.927. The monoisotopic (exact) mass is 448 g/mol. The van der Waals surface area contributed by atoms with E-state index in [1.807, 2.05) is 39.0 Å². The maximum absolute atomic E-state index is 13.4. The van der Waals surface area contributed by atoms with Crippen molar-refractivity contribution >= 4 is 10.9 Å². The van der Waals surface area contributed by atoms with Crippen molar-refractivity contribution in [3.63, 3.8) is 0 Å². The maximum atomic E-state index is 13.4. The molecular formula is C25H29FN6O. The lowest BCUT2D eigenvalue weighted by Gasteiger charge is -2.25. The van der Waals surface area contributed by atoms with E-state index in [9.17, 15) is 9.18 Å². The second-order valence-electron chi connectivity index (χ2n) is 9.35. The van der Waals surface area contributed by atoms with Gasteiger partial charge in [0.25, 0.3) is 5.56 Å².